The molecule has 16 heavy (non-hydrogen) atoms. The zero-order chi connectivity index (χ0) is 11.8. The van der Waals surface area contributed by atoms with E-state index in [1.54, 1.807) is 17.3 Å². The summed E-state index contributed by atoms with van der Waals surface area (Å²) in [7, 11) is 1.83. The van der Waals surface area contributed by atoms with E-state index >= 15 is 0 Å². The molecule has 0 N–H and O–H groups in total. The van der Waals surface area contributed by atoms with Gasteiger partial charge in [0.05, 0.1) is 11.9 Å². The molecule has 1 aromatic rings. The fraction of sp³-hybridized carbons (Fsp3) is 0.538. The van der Waals surface area contributed by atoms with Gasteiger partial charge in [-0.1, -0.05) is 13.8 Å². The average Bonchev–Trinajstić information content (AvgIpc) is 3.02. The fourth-order valence-electron chi connectivity index (χ4n) is 2.10. The third-order valence-electron chi connectivity index (χ3n) is 3.82. The molecule has 1 aliphatic rings. The van der Waals surface area contributed by atoms with Gasteiger partial charge in [-0.05, 0) is 30.4 Å². The summed E-state index contributed by atoms with van der Waals surface area (Å²) in [5.74, 6) is 0.417. The Morgan fingerprint density at radius 3 is 2.94 bits per heavy atom. The quantitative estimate of drug-likeness (QED) is 0.781. The first-order valence-electron chi connectivity index (χ1n) is 5.76. The van der Waals surface area contributed by atoms with Crippen molar-refractivity contribution < 1.29 is 4.79 Å². The van der Waals surface area contributed by atoms with Gasteiger partial charge < -0.3 is 4.90 Å². The van der Waals surface area contributed by atoms with Crippen LogP contribution >= 0.6 is 0 Å². The van der Waals surface area contributed by atoms with Gasteiger partial charge in [0.15, 0.2) is 0 Å². The summed E-state index contributed by atoms with van der Waals surface area (Å²) in [6.45, 7) is 4.34. The summed E-state index contributed by atoms with van der Waals surface area (Å²) in [5.41, 5.74) is 1.10. The lowest BCUT2D eigenvalue weighted by molar-refractivity contribution is -0.120. The van der Waals surface area contributed by atoms with Gasteiger partial charge in [0.1, 0.15) is 0 Å². The third-order valence-corrected chi connectivity index (χ3v) is 3.82. The van der Waals surface area contributed by atoms with Crippen LogP contribution in [0.25, 0.3) is 0 Å². The number of nitrogens with zero attached hydrogens (tertiary/aromatic N) is 2. The van der Waals surface area contributed by atoms with Crippen LogP contribution in [-0.2, 0) is 4.79 Å². The maximum absolute atomic E-state index is 12.2. The molecule has 1 amide bonds. The van der Waals surface area contributed by atoms with Gasteiger partial charge in [-0.25, -0.2) is 0 Å². The molecule has 0 aliphatic heterocycles. The lowest BCUT2D eigenvalue weighted by atomic mass is 10.0. The maximum Gasteiger partial charge on any atom is 0.230 e. The second kappa shape index (κ2) is 3.89. The minimum Gasteiger partial charge on any atom is -0.314 e. The van der Waals surface area contributed by atoms with E-state index in [2.05, 4.69) is 18.8 Å². The van der Waals surface area contributed by atoms with E-state index in [4.69, 9.17) is 0 Å². The number of carbonyl (C=O) groups is 1. The van der Waals surface area contributed by atoms with Crippen molar-refractivity contribution >= 4 is 11.6 Å². The Balaban J connectivity index is 2.07. The molecule has 0 bridgehead atoms. The number of amides is 1. The zero-order valence-electron chi connectivity index (χ0n) is 10.1. The van der Waals surface area contributed by atoms with E-state index < -0.39 is 0 Å². The number of aromatic nitrogens is 1. The topological polar surface area (TPSA) is 33.2 Å². The number of rotatable bonds is 3. The SMILES string of the molecule is CCC1(C)CC1C(=O)N(C)c1cccnc1. The summed E-state index contributed by atoms with van der Waals surface area (Å²) in [4.78, 5) is 17.9. The molecule has 1 fully saturated rings. The maximum atomic E-state index is 12.2. The average molecular weight is 218 g/mol. The summed E-state index contributed by atoms with van der Waals surface area (Å²) >= 11 is 0. The summed E-state index contributed by atoms with van der Waals surface area (Å²) in [5, 5.41) is 0. The van der Waals surface area contributed by atoms with Crippen LogP contribution in [0.4, 0.5) is 5.69 Å². The van der Waals surface area contributed by atoms with Crippen molar-refractivity contribution in [3.63, 3.8) is 0 Å². The number of anilines is 1. The van der Waals surface area contributed by atoms with Gasteiger partial charge in [-0.3, -0.25) is 9.78 Å². The van der Waals surface area contributed by atoms with Crippen molar-refractivity contribution in [1.29, 1.82) is 0 Å². The summed E-state index contributed by atoms with van der Waals surface area (Å²) < 4.78 is 0. The van der Waals surface area contributed by atoms with Crippen LogP contribution < -0.4 is 4.90 Å². The molecule has 0 aromatic carbocycles. The minimum atomic E-state index is 0.197. The van der Waals surface area contributed by atoms with Gasteiger partial charge in [0.2, 0.25) is 5.91 Å². The van der Waals surface area contributed by atoms with Crippen molar-refractivity contribution in [1.82, 2.24) is 4.98 Å². The number of hydrogen-bond acceptors (Lipinski definition) is 2. The Labute approximate surface area is 96.5 Å². The molecule has 0 saturated heterocycles. The van der Waals surface area contributed by atoms with E-state index in [1.807, 2.05) is 19.2 Å². The van der Waals surface area contributed by atoms with Gasteiger partial charge in [-0.15, -0.1) is 0 Å². The van der Waals surface area contributed by atoms with E-state index in [-0.39, 0.29) is 17.2 Å². The van der Waals surface area contributed by atoms with Crippen LogP contribution in [-0.4, -0.2) is 17.9 Å². The highest BCUT2D eigenvalue weighted by molar-refractivity contribution is 5.96. The predicted molar refractivity (Wildman–Crippen MR) is 64.2 cm³/mol. The molecule has 1 aliphatic carbocycles. The van der Waals surface area contributed by atoms with Crippen LogP contribution in [0, 0.1) is 11.3 Å². The Bertz CT molecular complexity index is 390. The van der Waals surface area contributed by atoms with Gasteiger partial charge in [0.25, 0.3) is 0 Å². The first kappa shape index (κ1) is 11.1. The molecule has 2 unspecified atom stereocenters. The van der Waals surface area contributed by atoms with Crippen LogP contribution in [0.15, 0.2) is 24.5 Å². The van der Waals surface area contributed by atoms with Crippen LogP contribution in [0.1, 0.15) is 26.7 Å². The highest BCUT2D eigenvalue weighted by Crippen LogP contribution is 2.55. The van der Waals surface area contributed by atoms with Crippen LogP contribution in [0.5, 0.6) is 0 Å². The molecule has 3 heteroatoms. The Morgan fingerprint density at radius 1 is 1.69 bits per heavy atom. The minimum absolute atomic E-state index is 0.197. The molecular formula is C13H18N2O. The molecule has 0 spiro atoms. The first-order valence-corrected chi connectivity index (χ1v) is 5.76. The Hall–Kier alpha value is -1.38. The van der Waals surface area contributed by atoms with Crippen molar-refractivity contribution in [2.45, 2.75) is 26.7 Å². The number of pyridine rings is 1. The lowest BCUT2D eigenvalue weighted by Gasteiger charge is -2.18. The highest BCUT2D eigenvalue weighted by atomic mass is 16.2. The lowest BCUT2D eigenvalue weighted by Crippen LogP contribution is -2.29. The molecule has 2 rings (SSSR count). The molecule has 2 atom stereocenters. The Kier molecular flexibility index (Phi) is 2.70. The van der Waals surface area contributed by atoms with Crippen LogP contribution in [0.3, 0.4) is 0 Å². The monoisotopic (exact) mass is 218 g/mol. The molecule has 86 valence electrons. The van der Waals surface area contributed by atoms with Crippen molar-refractivity contribution in [3.05, 3.63) is 24.5 Å². The molecule has 0 radical (unpaired) electrons. The van der Waals surface area contributed by atoms with Gasteiger partial charge in [-0.2, -0.15) is 0 Å². The van der Waals surface area contributed by atoms with Crippen LogP contribution in [0.2, 0.25) is 0 Å². The molecule has 1 heterocycles. The standard InChI is InChI=1S/C13H18N2O/c1-4-13(2)8-11(13)12(16)15(3)10-6-5-7-14-9-10/h5-7,9,11H,4,8H2,1-3H3. The van der Waals surface area contributed by atoms with Gasteiger partial charge in [0, 0.05) is 19.2 Å². The van der Waals surface area contributed by atoms with Gasteiger partial charge >= 0.3 is 0 Å². The molecule has 1 saturated carbocycles. The zero-order valence-corrected chi connectivity index (χ0v) is 10.1. The third kappa shape index (κ3) is 1.82. The molecular weight excluding hydrogens is 200 g/mol. The summed E-state index contributed by atoms with van der Waals surface area (Å²) in [6.07, 6.45) is 5.54. The normalized spacial score (nSPS) is 27.6. The van der Waals surface area contributed by atoms with E-state index in [9.17, 15) is 4.79 Å². The second-order valence-corrected chi connectivity index (χ2v) is 4.87. The van der Waals surface area contributed by atoms with E-state index in [1.165, 1.54) is 0 Å². The van der Waals surface area contributed by atoms with E-state index in [0.29, 0.717) is 0 Å². The highest BCUT2D eigenvalue weighted by Gasteiger charge is 2.53. The van der Waals surface area contributed by atoms with Crippen molar-refractivity contribution in [3.8, 4) is 0 Å². The smallest absolute Gasteiger partial charge is 0.230 e. The Morgan fingerprint density at radius 2 is 2.44 bits per heavy atom. The largest absolute Gasteiger partial charge is 0.314 e. The first-order chi connectivity index (χ1) is 7.58. The van der Waals surface area contributed by atoms with E-state index in [0.717, 1.165) is 18.5 Å². The second-order valence-electron chi connectivity index (χ2n) is 4.87. The predicted octanol–water partition coefficient (Wildman–Crippen LogP) is 2.48. The number of carbonyl (C=O) groups excluding carboxylic acids is 1. The molecule has 1 aromatic heterocycles. The van der Waals surface area contributed by atoms with Crippen molar-refractivity contribution in [2.24, 2.45) is 11.3 Å². The summed E-state index contributed by atoms with van der Waals surface area (Å²) in [6, 6.07) is 3.77. The number of hydrogen-bond donors (Lipinski definition) is 0. The van der Waals surface area contributed by atoms with Crippen molar-refractivity contribution in [2.75, 3.05) is 11.9 Å². The fourth-order valence-corrected chi connectivity index (χ4v) is 2.10. The molecule has 3 nitrogen and oxygen atoms in total.